The molecule has 30 heavy (non-hydrogen) atoms. The van der Waals surface area contributed by atoms with Crippen LogP contribution in [0.5, 0.6) is 0 Å². The van der Waals surface area contributed by atoms with E-state index in [9.17, 15) is 9.59 Å². The number of cyclic esters (lactones) is 1. The second kappa shape index (κ2) is 7.69. The van der Waals surface area contributed by atoms with Crippen LogP contribution in [0.4, 0.5) is 0 Å². The number of hydrogen-bond acceptors (Lipinski definition) is 4. The van der Waals surface area contributed by atoms with Crippen LogP contribution in [0, 0.1) is 35.0 Å². The van der Waals surface area contributed by atoms with Gasteiger partial charge in [-0.2, -0.15) is 0 Å². The molecule has 4 aliphatic carbocycles. The lowest BCUT2D eigenvalue weighted by Gasteiger charge is -2.56. The van der Waals surface area contributed by atoms with E-state index in [1.54, 1.807) is 0 Å². The van der Waals surface area contributed by atoms with Gasteiger partial charge in [-0.15, -0.1) is 0 Å². The summed E-state index contributed by atoms with van der Waals surface area (Å²) in [6.07, 6.45) is 14.1. The van der Waals surface area contributed by atoms with Crippen LogP contribution >= 0.6 is 0 Å². The van der Waals surface area contributed by atoms with Gasteiger partial charge in [-0.1, -0.05) is 6.92 Å². The largest absolute Gasteiger partial charge is 0.465 e. The Morgan fingerprint density at radius 2 is 1.90 bits per heavy atom. The van der Waals surface area contributed by atoms with Gasteiger partial charge in [-0.3, -0.25) is 9.59 Å². The third-order valence-electron chi connectivity index (χ3n) is 8.37. The van der Waals surface area contributed by atoms with Gasteiger partial charge in [0.2, 0.25) is 13.1 Å². The zero-order valence-electron chi connectivity index (χ0n) is 18.3. The van der Waals surface area contributed by atoms with E-state index in [0.717, 1.165) is 36.3 Å². The maximum atomic E-state index is 12.7. The van der Waals surface area contributed by atoms with E-state index in [-0.39, 0.29) is 35.9 Å². The van der Waals surface area contributed by atoms with Crippen molar-refractivity contribution < 1.29 is 23.6 Å². The lowest BCUT2D eigenvalue weighted by molar-refractivity contribution is -0.727. The van der Waals surface area contributed by atoms with E-state index in [1.807, 2.05) is 31.1 Å². The van der Waals surface area contributed by atoms with Crippen LogP contribution in [0.25, 0.3) is 0 Å². The highest BCUT2D eigenvalue weighted by Gasteiger charge is 2.51. The predicted octanol–water partition coefficient (Wildman–Crippen LogP) is 3.16. The third kappa shape index (κ3) is 3.78. The number of ether oxygens (including phenoxy) is 2. The third-order valence-corrected chi connectivity index (χ3v) is 8.37. The highest BCUT2D eigenvalue weighted by molar-refractivity contribution is 5.74. The molecule has 1 saturated heterocycles. The van der Waals surface area contributed by atoms with Crippen molar-refractivity contribution in [3.05, 3.63) is 18.2 Å². The first-order valence-electron chi connectivity index (χ1n) is 11.8. The molecule has 6 heteroatoms. The van der Waals surface area contributed by atoms with Gasteiger partial charge in [-0.25, -0.2) is 9.13 Å². The van der Waals surface area contributed by atoms with E-state index in [1.165, 1.54) is 38.5 Å². The molecule has 4 saturated carbocycles. The molecule has 6 rings (SSSR count). The quantitative estimate of drug-likeness (QED) is 0.507. The standard InChI is InChI=1S/C24H35N2O4/c1-3-21-19(13-29-23(21)28)7-20-12-26(14-25(20)2)15-30-22(27)11-24-8-16-4-17(9-24)6-18(5-16)10-24/h12,14,16-19,21H,3-11,13,15H2,1-2H3/q+1/t16?,17?,18?,19-,21-,24?/m0/s1. The summed E-state index contributed by atoms with van der Waals surface area (Å²) in [5.74, 6) is 2.67. The van der Waals surface area contributed by atoms with E-state index in [0.29, 0.717) is 13.0 Å². The number of rotatable bonds is 7. The molecule has 4 bridgehead atoms. The van der Waals surface area contributed by atoms with Gasteiger partial charge in [0.1, 0.15) is 11.9 Å². The van der Waals surface area contributed by atoms with Crippen molar-refractivity contribution in [1.29, 1.82) is 0 Å². The molecule has 0 radical (unpaired) electrons. The Labute approximate surface area is 178 Å². The molecule has 2 atom stereocenters. The molecular formula is C24H35N2O4+. The maximum Gasteiger partial charge on any atom is 0.309 e. The Hall–Kier alpha value is -1.85. The minimum atomic E-state index is -0.0665. The Morgan fingerprint density at radius 1 is 1.23 bits per heavy atom. The van der Waals surface area contributed by atoms with E-state index < -0.39 is 0 Å². The number of esters is 2. The predicted molar refractivity (Wildman–Crippen MR) is 109 cm³/mol. The van der Waals surface area contributed by atoms with Crippen molar-refractivity contribution in [2.75, 3.05) is 6.61 Å². The van der Waals surface area contributed by atoms with Gasteiger partial charge in [0.05, 0.1) is 26.0 Å². The smallest absolute Gasteiger partial charge is 0.309 e. The summed E-state index contributed by atoms with van der Waals surface area (Å²) in [7, 11) is 2.00. The number of carbonyl (C=O) groups is 2. The molecule has 6 nitrogen and oxygen atoms in total. The van der Waals surface area contributed by atoms with Crippen LogP contribution in [0.3, 0.4) is 0 Å². The molecule has 1 aliphatic heterocycles. The van der Waals surface area contributed by atoms with Crippen molar-refractivity contribution in [2.45, 2.75) is 71.4 Å². The Kier molecular flexibility index (Phi) is 5.14. The zero-order chi connectivity index (χ0) is 20.9. The van der Waals surface area contributed by atoms with Crippen LogP contribution in [0.1, 0.15) is 64.0 Å². The summed E-state index contributed by atoms with van der Waals surface area (Å²) in [5.41, 5.74) is 1.36. The average molecular weight is 416 g/mol. The zero-order valence-corrected chi connectivity index (χ0v) is 18.3. The maximum absolute atomic E-state index is 12.7. The second-order valence-electron chi connectivity index (χ2n) is 10.7. The molecule has 0 amide bonds. The first kappa shape index (κ1) is 20.1. The van der Waals surface area contributed by atoms with Gasteiger partial charge in [0.25, 0.3) is 0 Å². The Morgan fingerprint density at radius 3 is 2.53 bits per heavy atom. The highest BCUT2D eigenvalue weighted by atomic mass is 16.5. The summed E-state index contributed by atoms with van der Waals surface area (Å²) >= 11 is 0. The van der Waals surface area contributed by atoms with E-state index in [2.05, 4.69) is 4.57 Å². The topological polar surface area (TPSA) is 61.4 Å². The number of nitrogens with zero attached hydrogens (tertiary/aromatic N) is 2. The number of carbonyl (C=O) groups excluding carboxylic acids is 2. The summed E-state index contributed by atoms with van der Waals surface area (Å²) in [6, 6.07) is 0. The molecule has 0 spiro atoms. The van der Waals surface area contributed by atoms with Crippen LogP contribution in [0.15, 0.2) is 12.5 Å². The van der Waals surface area contributed by atoms with Crippen molar-refractivity contribution >= 4 is 11.9 Å². The normalized spacial score (nSPS) is 36.9. The second-order valence-corrected chi connectivity index (χ2v) is 10.7. The van der Waals surface area contributed by atoms with Crippen molar-refractivity contribution in [3.8, 4) is 0 Å². The first-order valence-corrected chi connectivity index (χ1v) is 11.8. The van der Waals surface area contributed by atoms with Gasteiger partial charge in [0, 0.05) is 12.3 Å². The molecule has 1 aromatic rings. The monoisotopic (exact) mass is 415 g/mol. The van der Waals surface area contributed by atoms with Crippen molar-refractivity contribution in [2.24, 2.45) is 42.1 Å². The molecule has 0 aromatic carbocycles. The van der Waals surface area contributed by atoms with E-state index >= 15 is 0 Å². The van der Waals surface area contributed by atoms with Crippen LogP contribution in [-0.2, 0) is 39.3 Å². The van der Waals surface area contributed by atoms with Gasteiger partial charge < -0.3 is 9.47 Å². The molecule has 2 heterocycles. The first-order chi connectivity index (χ1) is 14.4. The fraction of sp³-hybridized carbons (Fsp3) is 0.792. The SMILES string of the molecule is CC[C@@H]1C(=O)OC[C@@H]1Cc1c[n+](COC(=O)CC23CC4CC(CC(C4)C2)C3)cn1C. The minimum absolute atomic E-state index is 0.00791. The van der Waals surface area contributed by atoms with Crippen LogP contribution in [0.2, 0.25) is 0 Å². The number of hydrogen-bond donors (Lipinski definition) is 0. The molecule has 164 valence electrons. The lowest BCUT2D eigenvalue weighted by atomic mass is 9.49. The van der Waals surface area contributed by atoms with Crippen LogP contribution < -0.4 is 4.57 Å². The summed E-state index contributed by atoms with van der Waals surface area (Å²) in [4.78, 5) is 24.5. The Balaban J connectivity index is 1.16. The molecule has 0 unspecified atom stereocenters. The van der Waals surface area contributed by atoms with E-state index in [4.69, 9.17) is 9.47 Å². The fourth-order valence-electron chi connectivity index (χ4n) is 7.46. The Bertz CT molecular complexity index is 794. The van der Waals surface area contributed by atoms with Gasteiger partial charge in [0.15, 0.2) is 0 Å². The van der Waals surface area contributed by atoms with Crippen LogP contribution in [-0.4, -0.2) is 23.1 Å². The summed E-state index contributed by atoms with van der Waals surface area (Å²) in [6.45, 7) is 2.80. The molecule has 0 N–H and O–H groups in total. The number of imidazole rings is 1. The number of aromatic nitrogens is 2. The summed E-state index contributed by atoms with van der Waals surface area (Å²) in [5, 5.41) is 0. The van der Waals surface area contributed by atoms with Gasteiger partial charge >= 0.3 is 11.9 Å². The van der Waals surface area contributed by atoms with Crippen molar-refractivity contribution in [1.82, 2.24) is 4.57 Å². The molecule has 1 aromatic heterocycles. The van der Waals surface area contributed by atoms with Crippen molar-refractivity contribution in [3.63, 3.8) is 0 Å². The number of aryl methyl sites for hydroxylation is 1. The lowest BCUT2D eigenvalue weighted by Crippen LogP contribution is -2.47. The minimum Gasteiger partial charge on any atom is -0.465 e. The van der Waals surface area contributed by atoms with Gasteiger partial charge in [-0.05, 0) is 68.1 Å². The summed E-state index contributed by atoms with van der Waals surface area (Å²) < 4.78 is 14.9. The molecule has 5 aliphatic rings. The highest BCUT2D eigenvalue weighted by Crippen LogP contribution is 2.61. The average Bonchev–Trinajstić information content (AvgIpc) is 3.20. The fourth-order valence-corrected chi connectivity index (χ4v) is 7.46. The molecular weight excluding hydrogens is 380 g/mol. The molecule has 5 fully saturated rings.